The van der Waals surface area contributed by atoms with E-state index in [1.165, 1.54) is 44.1 Å². The first-order valence-electron chi connectivity index (χ1n) is 6.76. The molecule has 100 valence electrons. The van der Waals surface area contributed by atoms with E-state index in [0.29, 0.717) is 16.6 Å². The van der Waals surface area contributed by atoms with Crippen molar-refractivity contribution in [2.45, 2.75) is 55.2 Å². The van der Waals surface area contributed by atoms with Crippen molar-refractivity contribution in [3.8, 4) is 0 Å². The zero-order chi connectivity index (χ0) is 12.8. The van der Waals surface area contributed by atoms with E-state index in [2.05, 4.69) is 22.6 Å². The Morgan fingerprint density at radius 3 is 2.44 bits per heavy atom. The van der Waals surface area contributed by atoms with Crippen LogP contribution in [-0.2, 0) is 11.3 Å². The Hall–Kier alpha value is 0.200. The van der Waals surface area contributed by atoms with Gasteiger partial charge in [-0.2, -0.15) is 0 Å². The van der Waals surface area contributed by atoms with E-state index in [9.17, 15) is 0 Å². The molecule has 0 amide bonds. The molecular weight excluding hydrogens is 359 g/mol. The minimum Gasteiger partial charge on any atom is -0.372 e. The van der Waals surface area contributed by atoms with E-state index in [-0.39, 0.29) is 0 Å². The van der Waals surface area contributed by atoms with Gasteiger partial charge in [0.05, 0.1) is 12.7 Å². The highest BCUT2D eigenvalue weighted by molar-refractivity contribution is 14.1. The molecule has 0 heterocycles. The molecule has 3 heteroatoms. The van der Waals surface area contributed by atoms with E-state index >= 15 is 0 Å². The van der Waals surface area contributed by atoms with Gasteiger partial charge in [-0.15, -0.1) is 0 Å². The molecule has 0 spiro atoms. The molecule has 0 N–H and O–H groups in total. The molecule has 2 unspecified atom stereocenters. The fourth-order valence-corrected chi connectivity index (χ4v) is 3.51. The standard InChI is InChI=1S/C15H20ClIO/c16-13-9-7-12(8-10-13)11-18-15-6-4-2-1-3-5-14(15)17/h7-10,14-15H,1-6,11H2. The van der Waals surface area contributed by atoms with E-state index in [4.69, 9.17) is 16.3 Å². The number of rotatable bonds is 3. The molecule has 1 nitrogen and oxygen atoms in total. The molecule has 1 aromatic rings. The molecule has 2 rings (SSSR count). The third-order valence-electron chi connectivity index (χ3n) is 3.50. The number of alkyl halides is 1. The van der Waals surface area contributed by atoms with Crippen molar-refractivity contribution in [3.05, 3.63) is 34.9 Å². The molecule has 1 aliphatic carbocycles. The molecule has 1 aromatic carbocycles. The molecule has 0 bridgehead atoms. The van der Waals surface area contributed by atoms with Crippen LogP contribution in [0.2, 0.25) is 5.02 Å². The third-order valence-corrected chi connectivity index (χ3v) is 5.18. The van der Waals surface area contributed by atoms with Crippen LogP contribution in [0.4, 0.5) is 0 Å². The smallest absolute Gasteiger partial charge is 0.0721 e. The SMILES string of the molecule is Clc1ccc(COC2CCCCCCC2I)cc1. The van der Waals surface area contributed by atoms with E-state index in [0.717, 1.165) is 5.02 Å². The molecule has 2 atom stereocenters. The van der Waals surface area contributed by atoms with Gasteiger partial charge in [0, 0.05) is 8.95 Å². The summed E-state index contributed by atoms with van der Waals surface area (Å²) < 4.78 is 6.77. The number of benzene rings is 1. The quantitative estimate of drug-likeness (QED) is 0.506. The summed E-state index contributed by atoms with van der Waals surface area (Å²) in [6.45, 7) is 0.710. The van der Waals surface area contributed by atoms with Crippen LogP contribution in [-0.4, -0.2) is 10.0 Å². The number of halogens is 2. The van der Waals surface area contributed by atoms with E-state index in [1.54, 1.807) is 0 Å². The maximum atomic E-state index is 6.11. The summed E-state index contributed by atoms with van der Waals surface area (Å²) in [5.41, 5.74) is 1.21. The highest BCUT2D eigenvalue weighted by Gasteiger charge is 2.20. The molecular formula is C15H20ClIO. The van der Waals surface area contributed by atoms with Crippen molar-refractivity contribution >= 4 is 34.2 Å². The Bertz CT molecular complexity index is 352. The largest absolute Gasteiger partial charge is 0.372 e. The second-order valence-corrected chi connectivity index (χ2v) is 7.02. The van der Waals surface area contributed by atoms with E-state index < -0.39 is 0 Å². The fourth-order valence-electron chi connectivity index (χ4n) is 2.38. The molecule has 1 saturated carbocycles. The highest BCUT2D eigenvalue weighted by Crippen LogP contribution is 2.26. The van der Waals surface area contributed by atoms with Crippen LogP contribution in [0.15, 0.2) is 24.3 Å². The summed E-state index contributed by atoms with van der Waals surface area (Å²) in [6.07, 6.45) is 8.35. The fraction of sp³-hybridized carbons (Fsp3) is 0.600. The topological polar surface area (TPSA) is 9.23 Å². The number of hydrogen-bond acceptors (Lipinski definition) is 1. The van der Waals surface area contributed by atoms with Crippen molar-refractivity contribution < 1.29 is 4.74 Å². The van der Waals surface area contributed by atoms with Gasteiger partial charge in [0.15, 0.2) is 0 Å². The van der Waals surface area contributed by atoms with Crippen molar-refractivity contribution in [1.82, 2.24) is 0 Å². The first kappa shape index (κ1) is 14.6. The summed E-state index contributed by atoms with van der Waals surface area (Å²) in [5, 5.41) is 0.788. The number of hydrogen-bond donors (Lipinski definition) is 0. The summed E-state index contributed by atoms with van der Waals surface area (Å²) in [4.78, 5) is 0. The predicted molar refractivity (Wildman–Crippen MR) is 85.5 cm³/mol. The second-order valence-electron chi connectivity index (χ2n) is 4.98. The Morgan fingerprint density at radius 1 is 1.06 bits per heavy atom. The molecule has 1 aliphatic rings. The van der Waals surface area contributed by atoms with E-state index in [1.807, 2.05) is 24.3 Å². The minimum absolute atomic E-state index is 0.418. The monoisotopic (exact) mass is 378 g/mol. The van der Waals surface area contributed by atoms with Gasteiger partial charge in [-0.3, -0.25) is 0 Å². The molecule has 18 heavy (non-hydrogen) atoms. The first-order chi connectivity index (χ1) is 8.75. The number of ether oxygens (including phenoxy) is 1. The van der Waals surface area contributed by atoms with Gasteiger partial charge in [0.1, 0.15) is 0 Å². The van der Waals surface area contributed by atoms with Gasteiger partial charge >= 0.3 is 0 Å². The first-order valence-corrected chi connectivity index (χ1v) is 8.38. The summed E-state index contributed by atoms with van der Waals surface area (Å²) in [5.74, 6) is 0. The Morgan fingerprint density at radius 2 is 1.72 bits per heavy atom. The van der Waals surface area contributed by atoms with Crippen LogP contribution in [0.3, 0.4) is 0 Å². The van der Waals surface area contributed by atoms with Gasteiger partial charge in [-0.25, -0.2) is 0 Å². The molecule has 0 radical (unpaired) electrons. The average molecular weight is 379 g/mol. The summed E-state index contributed by atoms with van der Waals surface area (Å²) >= 11 is 8.44. The average Bonchev–Trinajstić information content (AvgIpc) is 2.36. The maximum absolute atomic E-state index is 6.11. The van der Waals surface area contributed by atoms with Gasteiger partial charge in [-0.05, 0) is 30.5 Å². The van der Waals surface area contributed by atoms with Crippen molar-refractivity contribution in [2.24, 2.45) is 0 Å². The van der Waals surface area contributed by atoms with Gasteiger partial charge in [0.2, 0.25) is 0 Å². The van der Waals surface area contributed by atoms with Crippen molar-refractivity contribution in [2.75, 3.05) is 0 Å². The lowest BCUT2D eigenvalue weighted by atomic mass is 9.98. The van der Waals surface area contributed by atoms with Crippen LogP contribution in [0.1, 0.15) is 44.1 Å². The molecule has 0 aromatic heterocycles. The lowest BCUT2D eigenvalue weighted by molar-refractivity contribution is 0.0309. The summed E-state index contributed by atoms with van der Waals surface area (Å²) in [6, 6.07) is 7.96. The van der Waals surface area contributed by atoms with Crippen molar-refractivity contribution in [1.29, 1.82) is 0 Å². The lowest BCUT2D eigenvalue weighted by Gasteiger charge is -2.25. The Kier molecular flexibility index (Phi) is 6.25. The zero-order valence-corrected chi connectivity index (χ0v) is 13.5. The molecule has 1 fully saturated rings. The van der Waals surface area contributed by atoms with Crippen LogP contribution < -0.4 is 0 Å². The Balaban J connectivity index is 1.85. The Labute approximate surface area is 128 Å². The van der Waals surface area contributed by atoms with Gasteiger partial charge in [0.25, 0.3) is 0 Å². The van der Waals surface area contributed by atoms with Crippen LogP contribution in [0.5, 0.6) is 0 Å². The highest BCUT2D eigenvalue weighted by atomic mass is 127. The van der Waals surface area contributed by atoms with Crippen LogP contribution >= 0.6 is 34.2 Å². The molecule has 0 saturated heterocycles. The van der Waals surface area contributed by atoms with Crippen LogP contribution in [0, 0.1) is 0 Å². The minimum atomic E-state index is 0.418. The summed E-state index contributed by atoms with van der Waals surface area (Å²) in [7, 11) is 0. The van der Waals surface area contributed by atoms with Crippen LogP contribution in [0.25, 0.3) is 0 Å². The van der Waals surface area contributed by atoms with Gasteiger partial charge in [-0.1, -0.05) is 72.0 Å². The third kappa shape index (κ3) is 4.71. The zero-order valence-electron chi connectivity index (χ0n) is 10.6. The van der Waals surface area contributed by atoms with Crippen molar-refractivity contribution in [3.63, 3.8) is 0 Å². The maximum Gasteiger partial charge on any atom is 0.0721 e. The van der Waals surface area contributed by atoms with Gasteiger partial charge < -0.3 is 4.74 Å². The molecule has 0 aliphatic heterocycles. The lowest BCUT2D eigenvalue weighted by Crippen LogP contribution is -2.25. The second kappa shape index (κ2) is 7.71. The normalized spacial score (nSPS) is 25.4. The predicted octanol–water partition coefficient (Wildman–Crippen LogP) is 5.38.